The molecule has 1 amide bonds. The number of ether oxygens (including phenoxy) is 1. The number of sulfonamides is 1. The van der Waals surface area contributed by atoms with E-state index in [1.54, 1.807) is 23.1 Å². The monoisotopic (exact) mass is 650 g/mol. The predicted octanol–water partition coefficient (Wildman–Crippen LogP) is 6.64. The van der Waals surface area contributed by atoms with Gasteiger partial charge in [-0.05, 0) is 74.1 Å². The van der Waals surface area contributed by atoms with Crippen LogP contribution in [0.4, 0.5) is 10.1 Å². The Hall–Kier alpha value is -2.69. The lowest BCUT2D eigenvalue weighted by molar-refractivity contribution is -0.164. The highest BCUT2D eigenvalue weighted by Crippen LogP contribution is 2.37. The number of amides is 1. The maximum atomic E-state index is 14.9. The number of nitrogens with zero attached hydrogens (tertiary/aromatic N) is 2. The molecule has 1 aliphatic heterocycles. The Morgan fingerprint density at radius 2 is 1.63 bits per heavy atom. The average Bonchev–Trinajstić information content (AvgIpc) is 3.86. The third-order valence-electron chi connectivity index (χ3n) is 7.55. The highest BCUT2D eigenvalue weighted by molar-refractivity contribution is 7.93. The van der Waals surface area contributed by atoms with Crippen LogP contribution in [0.2, 0.25) is 10.0 Å². The van der Waals surface area contributed by atoms with Crippen molar-refractivity contribution >= 4 is 44.8 Å². The molecular weight excluding hydrogens is 614 g/mol. The second kappa shape index (κ2) is 15.3. The van der Waals surface area contributed by atoms with Crippen molar-refractivity contribution in [3.63, 3.8) is 0 Å². The molecule has 2 aliphatic rings. The second-order valence-electron chi connectivity index (χ2n) is 10.6. The fourth-order valence-electron chi connectivity index (χ4n) is 5.10. The third-order valence-corrected chi connectivity index (χ3v) is 10.3. The summed E-state index contributed by atoms with van der Waals surface area (Å²) in [6.07, 6.45) is 1.55. The number of morpholine rings is 1. The molecule has 5 rings (SSSR count). The van der Waals surface area contributed by atoms with Crippen LogP contribution in [0.5, 0.6) is 0 Å². The Labute approximate surface area is 263 Å². The minimum atomic E-state index is -3.81. The maximum Gasteiger partial charge on any atom is 0.252 e. The van der Waals surface area contributed by atoms with Crippen molar-refractivity contribution in [3.8, 4) is 0 Å². The van der Waals surface area contributed by atoms with E-state index in [1.165, 1.54) is 18.2 Å². The molecule has 3 aromatic carbocycles. The van der Waals surface area contributed by atoms with Crippen molar-refractivity contribution in [2.24, 2.45) is 0 Å². The van der Waals surface area contributed by atoms with Gasteiger partial charge in [0.2, 0.25) is 10.0 Å². The maximum absolute atomic E-state index is 14.9. The lowest BCUT2D eigenvalue weighted by Crippen LogP contribution is -2.57. The number of anilines is 1. The van der Waals surface area contributed by atoms with E-state index in [9.17, 15) is 22.7 Å². The van der Waals surface area contributed by atoms with Crippen molar-refractivity contribution in [2.75, 3.05) is 24.1 Å². The lowest BCUT2D eigenvalue weighted by Gasteiger charge is -2.45. The summed E-state index contributed by atoms with van der Waals surface area (Å²) in [5, 5.41) is 10.1. The van der Waals surface area contributed by atoms with E-state index in [2.05, 4.69) is 0 Å². The lowest BCUT2D eigenvalue weighted by atomic mass is 9.98. The van der Waals surface area contributed by atoms with E-state index in [1.807, 2.05) is 49.4 Å². The minimum absolute atomic E-state index is 0.0107. The Morgan fingerprint density at radius 3 is 2.19 bits per heavy atom. The number of hydrogen-bond acceptors (Lipinski definition) is 5. The molecule has 3 atom stereocenters. The standard InChI is InChI=1S/C26H32ClFN2O5S.C6H5Cl/c1-2-20(16-29(36(33,34)21-13-14-21)23-7-4-3-6-22(23)28)30-24(18-9-11-19(27)12-10-18)17-35-25(26(30)32)8-5-15-31;7-6-4-2-1-3-5-6/h3-4,6-7,9-12,20-21,24-25,31H,2,5,8,13-17H2,1H3;1-5H/t20?,24?,25-;/m0./s1. The largest absolute Gasteiger partial charge is 0.396 e. The van der Waals surface area contributed by atoms with Gasteiger partial charge >= 0.3 is 0 Å². The SMILES string of the molecule is CCC(CN(c1ccccc1F)S(=O)(=O)C1CC1)N1C(=O)[C@H](CCCO)OCC1c1ccc(Cl)cc1.Clc1ccccc1. The zero-order chi connectivity index (χ0) is 31.0. The Kier molecular flexibility index (Phi) is 11.9. The number of hydrogen-bond donors (Lipinski definition) is 1. The molecule has 1 aliphatic carbocycles. The molecule has 0 radical (unpaired) electrons. The van der Waals surface area contributed by atoms with E-state index in [0.29, 0.717) is 37.1 Å². The zero-order valence-electron chi connectivity index (χ0n) is 24.0. The molecule has 2 unspecified atom stereocenters. The normalized spacial score (nSPS) is 19.4. The Balaban J connectivity index is 0.000000530. The van der Waals surface area contributed by atoms with Gasteiger partial charge in [0, 0.05) is 16.7 Å². The first-order valence-electron chi connectivity index (χ1n) is 14.4. The van der Waals surface area contributed by atoms with Gasteiger partial charge in [0.25, 0.3) is 5.91 Å². The summed E-state index contributed by atoms with van der Waals surface area (Å²) < 4.78 is 48.8. The van der Waals surface area contributed by atoms with Gasteiger partial charge in [0.1, 0.15) is 11.9 Å². The van der Waals surface area contributed by atoms with Gasteiger partial charge in [-0.15, -0.1) is 0 Å². The van der Waals surface area contributed by atoms with E-state index >= 15 is 0 Å². The van der Waals surface area contributed by atoms with Crippen LogP contribution < -0.4 is 4.31 Å². The molecule has 1 N–H and O–H groups in total. The number of benzene rings is 3. The van der Waals surface area contributed by atoms with Gasteiger partial charge in [-0.2, -0.15) is 0 Å². The molecule has 232 valence electrons. The Bertz CT molecular complexity index is 1440. The molecule has 1 saturated heterocycles. The van der Waals surface area contributed by atoms with Crippen molar-refractivity contribution in [1.82, 2.24) is 4.90 Å². The van der Waals surface area contributed by atoms with Crippen molar-refractivity contribution in [1.29, 1.82) is 0 Å². The summed E-state index contributed by atoms with van der Waals surface area (Å²) >= 11 is 11.6. The Morgan fingerprint density at radius 1 is 1.00 bits per heavy atom. The van der Waals surface area contributed by atoms with E-state index in [0.717, 1.165) is 14.9 Å². The molecule has 7 nitrogen and oxygen atoms in total. The first-order chi connectivity index (χ1) is 20.7. The molecule has 11 heteroatoms. The van der Waals surface area contributed by atoms with Crippen molar-refractivity contribution in [2.45, 2.75) is 62.5 Å². The summed E-state index contributed by atoms with van der Waals surface area (Å²) in [6, 6.07) is 21.4. The smallest absolute Gasteiger partial charge is 0.252 e. The second-order valence-corrected chi connectivity index (χ2v) is 13.6. The molecule has 2 fully saturated rings. The van der Waals surface area contributed by atoms with E-state index < -0.39 is 39.3 Å². The highest BCUT2D eigenvalue weighted by atomic mass is 35.5. The fourth-order valence-corrected chi connectivity index (χ4v) is 7.26. The summed E-state index contributed by atoms with van der Waals surface area (Å²) in [5.41, 5.74) is 0.803. The molecule has 0 spiro atoms. The molecule has 43 heavy (non-hydrogen) atoms. The van der Waals surface area contributed by atoms with Crippen LogP contribution in [0.25, 0.3) is 0 Å². The van der Waals surface area contributed by atoms with Gasteiger partial charge < -0.3 is 14.7 Å². The fraction of sp³-hybridized carbons (Fsp3) is 0.406. The summed E-state index contributed by atoms with van der Waals surface area (Å²) in [7, 11) is -3.81. The molecule has 1 saturated carbocycles. The number of para-hydroxylation sites is 1. The topological polar surface area (TPSA) is 87.2 Å². The minimum Gasteiger partial charge on any atom is -0.396 e. The quantitative estimate of drug-likeness (QED) is 0.251. The number of carbonyl (C=O) groups excluding carboxylic acids is 1. The first-order valence-corrected chi connectivity index (χ1v) is 16.7. The van der Waals surface area contributed by atoms with Crippen LogP contribution in [0.3, 0.4) is 0 Å². The summed E-state index contributed by atoms with van der Waals surface area (Å²) in [5.74, 6) is -0.890. The van der Waals surface area contributed by atoms with Gasteiger partial charge in [-0.1, -0.05) is 72.6 Å². The molecule has 0 bridgehead atoms. The summed E-state index contributed by atoms with van der Waals surface area (Å²) in [4.78, 5) is 15.4. The summed E-state index contributed by atoms with van der Waals surface area (Å²) in [6.45, 7) is 1.97. The zero-order valence-corrected chi connectivity index (χ0v) is 26.3. The molecule has 1 heterocycles. The van der Waals surface area contributed by atoms with Crippen LogP contribution in [0, 0.1) is 5.82 Å². The molecular formula is C32H37Cl2FN2O5S. The number of aliphatic hydroxyl groups excluding tert-OH is 1. The van der Waals surface area contributed by atoms with E-state index in [4.69, 9.17) is 27.9 Å². The number of carbonyl (C=O) groups is 1. The van der Waals surface area contributed by atoms with Crippen molar-refractivity contribution < 1.29 is 27.4 Å². The van der Waals surface area contributed by atoms with Gasteiger partial charge in [-0.25, -0.2) is 12.8 Å². The number of halogens is 3. The number of aliphatic hydroxyl groups is 1. The third kappa shape index (κ3) is 8.48. The highest BCUT2D eigenvalue weighted by Gasteiger charge is 2.45. The first kappa shape index (κ1) is 33.2. The predicted molar refractivity (Wildman–Crippen MR) is 168 cm³/mol. The number of rotatable bonds is 11. The molecule has 3 aromatic rings. The van der Waals surface area contributed by atoms with Crippen LogP contribution in [0.15, 0.2) is 78.9 Å². The van der Waals surface area contributed by atoms with Crippen LogP contribution in [-0.4, -0.2) is 61.5 Å². The van der Waals surface area contributed by atoms with Crippen LogP contribution >= 0.6 is 23.2 Å². The van der Waals surface area contributed by atoms with Gasteiger partial charge in [-0.3, -0.25) is 9.10 Å². The van der Waals surface area contributed by atoms with E-state index in [-0.39, 0.29) is 31.4 Å². The molecule has 0 aromatic heterocycles. The average molecular weight is 652 g/mol. The van der Waals surface area contributed by atoms with Crippen molar-refractivity contribution in [3.05, 3.63) is 100 Å². The van der Waals surface area contributed by atoms with Crippen LogP contribution in [-0.2, 0) is 19.6 Å². The van der Waals surface area contributed by atoms with Gasteiger partial charge in [0.15, 0.2) is 0 Å². The van der Waals surface area contributed by atoms with Crippen LogP contribution in [0.1, 0.15) is 50.6 Å². The van der Waals surface area contributed by atoms with Gasteiger partial charge in [0.05, 0.1) is 36.2 Å².